The van der Waals surface area contributed by atoms with Crippen LogP contribution in [-0.2, 0) is 11.2 Å². The Morgan fingerprint density at radius 3 is 2.88 bits per heavy atom. The maximum Gasteiger partial charge on any atom is 0.222 e. The van der Waals surface area contributed by atoms with Crippen LogP contribution in [0, 0.1) is 17.7 Å². The lowest BCUT2D eigenvalue weighted by Gasteiger charge is -2.16. The number of hydrogen-bond acceptors (Lipinski definition) is 6. The number of rotatable bonds is 6. The molecule has 1 aliphatic heterocycles. The maximum absolute atomic E-state index is 14.3. The minimum Gasteiger partial charge on any atom is -0.481 e. The predicted octanol–water partition coefficient (Wildman–Crippen LogP) is 0.312. The van der Waals surface area contributed by atoms with Crippen molar-refractivity contribution in [3.05, 3.63) is 29.7 Å². The number of methoxy groups -OCH3 is 1. The predicted molar refractivity (Wildman–Crippen MR) is 91.4 cm³/mol. The molecular formula is C17H22FN5O2. The van der Waals surface area contributed by atoms with Crippen molar-refractivity contribution in [1.29, 1.82) is 0 Å². The van der Waals surface area contributed by atoms with Crippen molar-refractivity contribution in [2.24, 2.45) is 23.3 Å². The summed E-state index contributed by atoms with van der Waals surface area (Å²) in [5.41, 5.74) is 12.8. The van der Waals surface area contributed by atoms with E-state index in [-0.39, 0.29) is 17.7 Å². The Kier molecular flexibility index (Phi) is 5.10. The summed E-state index contributed by atoms with van der Waals surface area (Å²) >= 11 is 0. The second-order valence-electron chi connectivity index (χ2n) is 6.32. The van der Waals surface area contributed by atoms with Gasteiger partial charge >= 0.3 is 0 Å². The van der Waals surface area contributed by atoms with Crippen LogP contribution in [0.15, 0.2) is 18.3 Å². The molecule has 1 saturated heterocycles. The van der Waals surface area contributed by atoms with Crippen LogP contribution in [0.5, 0.6) is 5.88 Å². The molecule has 7 nitrogen and oxygen atoms in total. The fourth-order valence-corrected chi connectivity index (χ4v) is 3.40. The Labute approximate surface area is 145 Å². The molecule has 134 valence electrons. The zero-order valence-corrected chi connectivity index (χ0v) is 14.1. The van der Waals surface area contributed by atoms with Crippen molar-refractivity contribution in [3.8, 4) is 5.88 Å². The van der Waals surface area contributed by atoms with Crippen molar-refractivity contribution in [2.75, 3.05) is 33.3 Å². The van der Waals surface area contributed by atoms with Crippen LogP contribution in [0.25, 0.3) is 11.0 Å². The first kappa shape index (κ1) is 17.5. The first-order valence-electron chi connectivity index (χ1n) is 8.23. The number of hydrogen-bond donors (Lipinski definition) is 2. The van der Waals surface area contributed by atoms with Gasteiger partial charge in [-0.05, 0) is 24.9 Å². The summed E-state index contributed by atoms with van der Waals surface area (Å²) in [4.78, 5) is 22.0. The van der Waals surface area contributed by atoms with Crippen LogP contribution in [-0.4, -0.2) is 54.1 Å². The molecule has 3 rings (SSSR count). The highest BCUT2D eigenvalue weighted by Gasteiger charge is 2.35. The van der Waals surface area contributed by atoms with Crippen LogP contribution >= 0.6 is 0 Å². The number of carbonyl (C=O) groups excluding carboxylic acids is 1. The van der Waals surface area contributed by atoms with Gasteiger partial charge in [-0.15, -0.1) is 0 Å². The normalized spacial score (nSPS) is 20.9. The number of nitrogens with zero attached hydrogens (tertiary/aromatic N) is 3. The monoisotopic (exact) mass is 347 g/mol. The van der Waals surface area contributed by atoms with E-state index in [1.54, 1.807) is 12.1 Å². The number of fused-ring (bicyclic) bond motifs is 1. The Hall–Kier alpha value is -2.32. The van der Waals surface area contributed by atoms with Crippen molar-refractivity contribution in [2.45, 2.75) is 6.42 Å². The zero-order valence-electron chi connectivity index (χ0n) is 14.1. The highest BCUT2D eigenvalue weighted by atomic mass is 19.1. The van der Waals surface area contributed by atoms with Gasteiger partial charge in [0.05, 0.1) is 30.3 Å². The van der Waals surface area contributed by atoms with Gasteiger partial charge in [-0.3, -0.25) is 9.78 Å². The molecule has 25 heavy (non-hydrogen) atoms. The number of pyridine rings is 2. The summed E-state index contributed by atoms with van der Waals surface area (Å²) in [7, 11) is 1.52. The van der Waals surface area contributed by atoms with Gasteiger partial charge in [-0.2, -0.15) is 0 Å². The molecule has 0 unspecified atom stereocenters. The molecule has 2 atom stereocenters. The molecule has 2 aromatic rings. The number of amides is 1. The molecule has 0 spiro atoms. The fraction of sp³-hybridized carbons (Fsp3) is 0.471. The van der Waals surface area contributed by atoms with E-state index >= 15 is 0 Å². The summed E-state index contributed by atoms with van der Waals surface area (Å²) in [6.07, 6.45) is 1.67. The molecule has 1 aliphatic rings. The smallest absolute Gasteiger partial charge is 0.222 e. The van der Waals surface area contributed by atoms with Gasteiger partial charge in [0.25, 0.3) is 0 Å². The molecule has 3 heterocycles. The standard InChI is InChI=1S/C17H22FN5O2/c1-25-15-3-2-14-16(22-15)11(13(18)7-21-14)4-5-23-8-10(6-19)12(9-23)17(20)24/h2-3,7,10,12H,4-6,8-9,19H2,1H3,(H2,20,24)/t10-,12-/m1/s1. The van der Waals surface area contributed by atoms with Crippen molar-refractivity contribution in [1.82, 2.24) is 14.9 Å². The van der Waals surface area contributed by atoms with Crippen LogP contribution in [0.3, 0.4) is 0 Å². The van der Waals surface area contributed by atoms with Crippen LogP contribution < -0.4 is 16.2 Å². The van der Waals surface area contributed by atoms with Gasteiger partial charge in [0.15, 0.2) is 0 Å². The third-order valence-corrected chi connectivity index (χ3v) is 4.81. The first-order chi connectivity index (χ1) is 12.0. The molecule has 4 N–H and O–H groups in total. The molecule has 1 fully saturated rings. The molecule has 0 radical (unpaired) electrons. The second kappa shape index (κ2) is 7.28. The maximum atomic E-state index is 14.3. The average Bonchev–Trinajstić information content (AvgIpc) is 3.04. The lowest BCUT2D eigenvalue weighted by Crippen LogP contribution is -2.33. The number of aromatic nitrogens is 2. The molecule has 8 heteroatoms. The molecule has 0 bridgehead atoms. The topological polar surface area (TPSA) is 107 Å². The largest absolute Gasteiger partial charge is 0.481 e. The Balaban J connectivity index is 1.79. The van der Waals surface area contributed by atoms with E-state index in [4.69, 9.17) is 16.2 Å². The van der Waals surface area contributed by atoms with Crippen molar-refractivity contribution < 1.29 is 13.9 Å². The number of halogens is 1. The SMILES string of the molecule is COc1ccc2ncc(F)c(CCN3C[C@@H](CN)[C@H](C(N)=O)C3)c2n1. The van der Waals surface area contributed by atoms with Crippen LogP contribution in [0.4, 0.5) is 4.39 Å². The second-order valence-corrected chi connectivity index (χ2v) is 6.32. The highest BCUT2D eigenvalue weighted by Crippen LogP contribution is 2.25. The summed E-state index contributed by atoms with van der Waals surface area (Å²) in [6, 6.07) is 3.45. The molecule has 0 saturated carbocycles. The lowest BCUT2D eigenvalue weighted by atomic mass is 9.96. The van der Waals surface area contributed by atoms with E-state index in [1.807, 2.05) is 0 Å². The number of primary amides is 1. The molecule has 0 aromatic carbocycles. The number of likely N-dealkylation sites (tertiary alicyclic amines) is 1. The number of carbonyl (C=O) groups is 1. The van der Waals surface area contributed by atoms with E-state index in [0.717, 1.165) is 0 Å². The van der Waals surface area contributed by atoms with E-state index in [9.17, 15) is 9.18 Å². The van der Waals surface area contributed by atoms with Gasteiger partial charge in [0, 0.05) is 31.3 Å². The zero-order chi connectivity index (χ0) is 18.0. The summed E-state index contributed by atoms with van der Waals surface area (Å²) in [5.74, 6) is -0.504. The van der Waals surface area contributed by atoms with E-state index < -0.39 is 5.82 Å². The summed E-state index contributed by atoms with van der Waals surface area (Å²) < 4.78 is 19.4. The molecule has 1 amide bonds. The van der Waals surface area contributed by atoms with Crippen LogP contribution in [0.2, 0.25) is 0 Å². The van der Waals surface area contributed by atoms with Gasteiger partial charge < -0.3 is 21.1 Å². The first-order valence-corrected chi connectivity index (χ1v) is 8.23. The van der Waals surface area contributed by atoms with E-state index in [0.29, 0.717) is 55.1 Å². The van der Waals surface area contributed by atoms with Gasteiger partial charge in [-0.1, -0.05) is 0 Å². The quantitative estimate of drug-likeness (QED) is 0.779. The lowest BCUT2D eigenvalue weighted by molar-refractivity contribution is -0.122. The van der Waals surface area contributed by atoms with Crippen molar-refractivity contribution >= 4 is 16.9 Å². The molecule has 0 aliphatic carbocycles. The van der Waals surface area contributed by atoms with Gasteiger partial charge in [-0.25, -0.2) is 9.37 Å². The van der Waals surface area contributed by atoms with Crippen LogP contribution in [0.1, 0.15) is 5.56 Å². The van der Waals surface area contributed by atoms with Gasteiger partial charge in [0.2, 0.25) is 11.8 Å². The van der Waals surface area contributed by atoms with E-state index in [2.05, 4.69) is 14.9 Å². The molecule has 2 aromatic heterocycles. The van der Waals surface area contributed by atoms with E-state index in [1.165, 1.54) is 13.3 Å². The minimum absolute atomic E-state index is 0.0507. The highest BCUT2D eigenvalue weighted by molar-refractivity contribution is 5.78. The summed E-state index contributed by atoms with van der Waals surface area (Å²) in [5, 5.41) is 0. The van der Waals surface area contributed by atoms with Gasteiger partial charge in [0.1, 0.15) is 5.82 Å². The van der Waals surface area contributed by atoms with Crippen molar-refractivity contribution in [3.63, 3.8) is 0 Å². The average molecular weight is 347 g/mol. The number of nitrogens with two attached hydrogens (primary N) is 2. The minimum atomic E-state index is -0.394. The Morgan fingerprint density at radius 1 is 1.44 bits per heavy atom. The third-order valence-electron chi connectivity index (χ3n) is 4.81. The Morgan fingerprint density at radius 2 is 2.24 bits per heavy atom. The number of ether oxygens (including phenoxy) is 1. The molecular weight excluding hydrogens is 325 g/mol. The Bertz CT molecular complexity index is 785. The third kappa shape index (κ3) is 3.54. The summed E-state index contributed by atoms with van der Waals surface area (Å²) in [6.45, 7) is 2.24. The fourth-order valence-electron chi connectivity index (χ4n) is 3.40.